The Bertz CT molecular complexity index is 462. The van der Waals surface area contributed by atoms with E-state index in [0.717, 1.165) is 24.4 Å². The monoisotopic (exact) mass is 264 g/mol. The summed E-state index contributed by atoms with van der Waals surface area (Å²) in [5.74, 6) is 0.620. The van der Waals surface area contributed by atoms with Crippen LogP contribution in [0.4, 0.5) is 0 Å². The largest absolute Gasteiger partial charge is 0.496 e. The molecule has 1 aliphatic heterocycles. The van der Waals surface area contributed by atoms with Crippen molar-refractivity contribution >= 4 is 5.91 Å². The summed E-state index contributed by atoms with van der Waals surface area (Å²) in [6.07, 6.45) is 0.0243. The molecule has 1 aliphatic rings. The van der Waals surface area contributed by atoms with Gasteiger partial charge < -0.3 is 20.1 Å². The van der Waals surface area contributed by atoms with Crippen molar-refractivity contribution in [1.29, 1.82) is 0 Å². The minimum atomic E-state index is -0.103. The summed E-state index contributed by atoms with van der Waals surface area (Å²) in [6, 6.07) is 5.45. The number of carbonyl (C=O) groups is 1. The summed E-state index contributed by atoms with van der Waals surface area (Å²) in [4.78, 5) is 12.2. The molecule has 5 heteroatoms. The SMILES string of the molecule is COc1cc(C(=O)NC2CNC[C@@H]2OC)ccc1C. The first-order chi connectivity index (χ1) is 9.15. The van der Waals surface area contributed by atoms with Gasteiger partial charge in [-0.05, 0) is 24.6 Å². The third-order valence-corrected chi connectivity index (χ3v) is 3.45. The van der Waals surface area contributed by atoms with Gasteiger partial charge >= 0.3 is 0 Å². The van der Waals surface area contributed by atoms with E-state index in [1.54, 1.807) is 26.4 Å². The maximum absolute atomic E-state index is 12.2. The second-order valence-electron chi connectivity index (χ2n) is 4.70. The van der Waals surface area contributed by atoms with Crippen LogP contribution in [0.25, 0.3) is 0 Å². The molecule has 0 aliphatic carbocycles. The lowest BCUT2D eigenvalue weighted by atomic mass is 10.1. The number of hydrogen-bond donors (Lipinski definition) is 2. The Kier molecular flexibility index (Phi) is 4.39. The Hall–Kier alpha value is -1.59. The lowest BCUT2D eigenvalue weighted by Crippen LogP contribution is -2.43. The summed E-state index contributed by atoms with van der Waals surface area (Å²) in [6.45, 7) is 3.44. The molecule has 1 fully saturated rings. The van der Waals surface area contributed by atoms with E-state index >= 15 is 0 Å². The number of ether oxygens (including phenoxy) is 2. The van der Waals surface area contributed by atoms with Crippen molar-refractivity contribution in [2.45, 2.75) is 19.1 Å². The number of nitrogens with one attached hydrogen (secondary N) is 2. The fourth-order valence-electron chi connectivity index (χ4n) is 2.26. The molecule has 1 saturated heterocycles. The van der Waals surface area contributed by atoms with E-state index in [2.05, 4.69) is 10.6 Å². The first kappa shape index (κ1) is 13.8. The van der Waals surface area contributed by atoms with Crippen molar-refractivity contribution in [3.63, 3.8) is 0 Å². The average Bonchev–Trinajstić information content (AvgIpc) is 2.86. The van der Waals surface area contributed by atoms with Crippen molar-refractivity contribution in [3.05, 3.63) is 29.3 Å². The quantitative estimate of drug-likeness (QED) is 0.841. The van der Waals surface area contributed by atoms with Crippen molar-refractivity contribution in [2.75, 3.05) is 27.3 Å². The summed E-state index contributed by atoms with van der Waals surface area (Å²) >= 11 is 0. The third kappa shape index (κ3) is 3.05. The molecule has 1 aromatic rings. The Labute approximate surface area is 113 Å². The lowest BCUT2D eigenvalue weighted by molar-refractivity contribution is 0.0779. The van der Waals surface area contributed by atoms with Crippen molar-refractivity contribution in [3.8, 4) is 5.75 Å². The van der Waals surface area contributed by atoms with Crippen molar-refractivity contribution < 1.29 is 14.3 Å². The summed E-state index contributed by atoms with van der Waals surface area (Å²) in [5, 5.41) is 6.18. The average molecular weight is 264 g/mol. The first-order valence-corrected chi connectivity index (χ1v) is 6.34. The van der Waals surface area contributed by atoms with Gasteiger partial charge in [-0.25, -0.2) is 0 Å². The normalized spacial score (nSPS) is 22.3. The summed E-state index contributed by atoms with van der Waals surface area (Å²) in [7, 11) is 3.26. The van der Waals surface area contributed by atoms with Crippen LogP contribution in [0.1, 0.15) is 15.9 Å². The predicted octanol–water partition coefficient (Wildman–Crippen LogP) is 0.720. The van der Waals surface area contributed by atoms with Crippen LogP contribution >= 0.6 is 0 Å². The smallest absolute Gasteiger partial charge is 0.251 e. The van der Waals surface area contributed by atoms with Gasteiger partial charge in [0, 0.05) is 25.8 Å². The molecule has 1 amide bonds. The van der Waals surface area contributed by atoms with Gasteiger partial charge in [-0.15, -0.1) is 0 Å². The third-order valence-electron chi connectivity index (χ3n) is 3.45. The van der Waals surface area contributed by atoms with Crippen LogP contribution < -0.4 is 15.4 Å². The Morgan fingerprint density at radius 3 is 2.84 bits per heavy atom. The molecule has 0 bridgehead atoms. The van der Waals surface area contributed by atoms with Gasteiger partial charge in [-0.3, -0.25) is 4.79 Å². The lowest BCUT2D eigenvalue weighted by Gasteiger charge is -2.18. The second kappa shape index (κ2) is 6.04. The van der Waals surface area contributed by atoms with Gasteiger partial charge in [-0.2, -0.15) is 0 Å². The first-order valence-electron chi connectivity index (χ1n) is 6.34. The van der Waals surface area contributed by atoms with E-state index in [4.69, 9.17) is 9.47 Å². The number of hydrogen-bond acceptors (Lipinski definition) is 4. The van der Waals surface area contributed by atoms with Crippen LogP contribution in [-0.4, -0.2) is 45.4 Å². The van der Waals surface area contributed by atoms with Crippen molar-refractivity contribution in [2.24, 2.45) is 0 Å². The molecule has 0 aromatic heterocycles. The standard InChI is InChI=1S/C14H20N2O3/c1-9-4-5-10(6-12(9)18-2)14(17)16-11-7-15-8-13(11)19-3/h4-6,11,13,15H,7-8H2,1-3H3,(H,16,17)/t11?,13-/m0/s1. The maximum Gasteiger partial charge on any atom is 0.251 e. The molecular weight excluding hydrogens is 244 g/mol. The molecule has 0 radical (unpaired) electrons. The molecule has 1 unspecified atom stereocenters. The zero-order chi connectivity index (χ0) is 13.8. The molecule has 104 valence electrons. The molecule has 2 rings (SSSR count). The molecule has 2 N–H and O–H groups in total. The molecule has 19 heavy (non-hydrogen) atoms. The zero-order valence-corrected chi connectivity index (χ0v) is 11.5. The maximum atomic E-state index is 12.2. The van der Waals surface area contributed by atoms with Crippen LogP contribution in [0.3, 0.4) is 0 Å². The van der Waals surface area contributed by atoms with Gasteiger partial charge in [0.2, 0.25) is 0 Å². The van der Waals surface area contributed by atoms with Gasteiger partial charge in [0.25, 0.3) is 5.91 Å². The molecule has 1 heterocycles. The van der Waals surface area contributed by atoms with Crippen LogP contribution in [-0.2, 0) is 4.74 Å². The Morgan fingerprint density at radius 2 is 2.16 bits per heavy atom. The topological polar surface area (TPSA) is 59.6 Å². The molecule has 0 saturated carbocycles. The minimum absolute atomic E-state index is 0.00444. The van der Waals surface area contributed by atoms with Crippen LogP contribution in [0.15, 0.2) is 18.2 Å². The Morgan fingerprint density at radius 1 is 1.37 bits per heavy atom. The highest BCUT2D eigenvalue weighted by molar-refractivity contribution is 5.95. The van der Waals surface area contributed by atoms with Gasteiger partial charge in [0.15, 0.2) is 0 Å². The van der Waals surface area contributed by atoms with Gasteiger partial charge in [-0.1, -0.05) is 6.07 Å². The number of methoxy groups -OCH3 is 2. The number of carbonyl (C=O) groups excluding carboxylic acids is 1. The second-order valence-corrected chi connectivity index (χ2v) is 4.70. The van der Waals surface area contributed by atoms with Gasteiger partial charge in [0.05, 0.1) is 19.3 Å². The highest BCUT2D eigenvalue weighted by Gasteiger charge is 2.28. The van der Waals surface area contributed by atoms with Crippen LogP contribution in [0.5, 0.6) is 5.75 Å². The summed E-state index contributed by atoms with van der Waals surface area (Å²) < 4.78 is 10.6. The number of amides is 1. The molecule has 5 nitrogen and oxygen atoms in total. The van der Waals surface area contributed by atoms with E-state index in [1.165, 1.54) is 0 Å². The predicted molar refractivity (Wildman–Crippen MR) is 72.7 cm³/mol. The molecule has 2 atom stereocenters. The fraction of sp³-hybridized carbons (Fsp3) is 0.500. The summed E-state index contributed by atoms with van der Waals surface area (Å²) in [5.41, 5.74) is 1.61. The van der Waals surface area contributed by atoms with Gasteiger partial charge in [0.1, 0.15) is 5.75 Å². The highest BCUT2D eigenvalue weighted by atomic mass is 16.5. The van der Waals surface area contributed by atoms with Crippen LogP contribution in [0, 0.1) is 6.92 Å². The van der Waals surface area contributed by atoms with Crippen molar-refractivity contribution in [1.82, 2.24) is 10.6 Å². The van der Waals surface area contributed by atoms with E-state index in [9.17, 15) is 4.79 Å². The van der Waals surface area contributed by atoms with E-state index in [-0.39, 0.29) is 18.1 Å². The zero-order valence-electron chi connectivity index (χ0n) is 11.5. The fourth-order valence-corrected chi connectivity index (χ4v) is 2.26. The van der Waals surface area contributed by atoms with Crippen LogP contribution in [0.2, 0.25) is 0 Å². The Balaban J connectivity index is 2.07. The highest BCUT2D eigenvalue weighted by Crippen LogP contribution is 2.19. The number of rotatable bonds is 4. The molecule has 0 spiro atoms. The number of benzene rings is 1. The van der Waals surface area contributed by atoms with E-state index in [0.29, 0.717) is 5.56 Å². The molecular formula is C14H20N2O3. The number of aryl methyl sites for hydroxylation is 1. The van der Waals surface area contributed by atoms with E-state index in [1.807, 2.05) is 13.0 Å². The molecule has 1 aromatic carbocycles. The minimum Gasteiger partial charge on any atom is -0.496 e. The van der Waals surface area contributed by atoms with E-state index < -0.39 is 0 Å².